The zero-order chi connectivity index (χ0) is 13.8. The summed E-state index contributed by atoms with van der Waals surface area (Å²) in [6.45, 7) is 2.39. The molecule has 1 aromatic carbocycles. The highest BCUT2D eigenvalue weighted by atomic mass is 35.5. The average Bonchev–Trinajstić information content (AvgIpc) is 2.79. The molecule has 0 radical (unpaired) electrons. The third kappa shape index (κ3) is 4.43. The Morgan fingerprint density at radius 2 is 1.95 bits per heavy atom. The Hall–Kier alpha value is -1.10. The van der Waals surface area contributed by atoms with Gasteiger partial charge in [-0.25, -0.2) is 0 Å². The summed E-state index contributed by atoms with van der Waals surface area (Å²) >= 11 is 0. The molecule has 0 spiro atoms. The highest BCUT2D eigenvalue weighted by Gasteiger charge is 2.30. The lowest BCUT2D eigenvalue weighted by atomic mass is 10.1. The van der Waals surface area contributed by atoms with Gasteiger partial charge < -0.3 is 15.0 Å². The van der Waals surface area contributed by atoms with E-state index in [1.165, 1.54) is 12.8 Å². The fraction of sp³-hybridized carbons (Fsp3) is 0.562. The first kappa shape index (κ1) is 16.3. The van der Waals surface area contributed by atoms with E-state index in [9.17, 15) is 4.79 Å². The minimum Gasteiger partial charge on any atom is -0.367 e. The summed E-state index contributed by atoms with van der Waals surface area (Å²) in [5.41, 5.74) is 1.11. The quantitative estimate of drug-likeness (QED) is 0.924. The molecule has 2 heterocycles. The Labute approximate surface area is 132 Å². The van der Waals surface area contributed by atoms with Gasteiger partial charge in [0.15, 0.2) is 0 Å². The number of benzene rings is 1. The first-order valence-corrected chi connectivity index (χ1v) is 7.47. The number of carbonyl (C=O) groups excluding carboxylic acids is 1. The minimum atomic E-state index is 0. The van der Waals surface area contributed by atoms with Gasteiger partial charge in [0.25, 0.3) is 0 Å². The highest BCUT2D eigenvalue weighted by Crippen LogP contribution is 2.20. The molecule has 1 aromatic rings. The van der Waals surface area contributed by atoms with Gasteiger partial charge in [0.05, 0.1) is 6.61 Å². The Bertz CT molecular complexity index is 455. The summed E-state index contributed by atoms with van der Waals surface area (Å²) in [5, 5.41) is 3.58. The molecule has 2 saturated heterocycles. The van der Waals surface area contributed by atoms with E-state index in [4.69, 9.17) is 4.74 Å². The van der Waals surface area contributed by atoms with Gasteiger partial charge >= 0.3 is 0 Å². The maximum Gasteiger partial charge on any atom is 0.248 e. The molecule has 4 nitrogen and oxygen atoms in total. The minimum absolute atomic E-state index is 0. The molecule has 5 heteroatoms. The van der Waals surface area contributed by atoms with Crippen LogP contribution in [0.5, 0.6) is 0 Å². The Balaban J connectivity index is 0.00000161. The van der Waals surface area contributed by atoms with Gasteiger partial charge in [-0.15, -0.1) is 12.4 Å². The molecular formula is C16H23ClN2O2. The number of rotatable bonds is 4. The lowest BCUT2D eigenvalue weighted by molar-refractivity contribution is -0.136. The van der Waals surface area contributed by atoms with E-state index in [0.717, 1.165) is 25.1 Å². The van der Waals surface area contributed by atoms with Crippen molar-refractivity contribution in [2.75, 3.05) is 19.7 Å². The van der Waals surface area contributed by atoms with Gasteiger partial charge in [0.1, 0.15) is 6.61 Å². The van der Waals surface area contributed by atoms with Crippen molar-refractivity contribution in [3.05, 3.63) is 35.9 Å². The molecule has 1 amide bonds. The molecular weight excluding hydrogens is 288 g/mol. The van der Waals surface area contributed by atoms with E-state index in [-0.39, 0.29) is 24.9 Å². The molecule has 0 saturated carbocycles. The molecule has 1 N–H and O–H groups in total. The second-order valence-electron chi connectivity index (χ2n) is 5.74. The fourth-order valence-electron chi connectivity index (χ4n) is 3.09. The van der Waals surface area contributed by atoms with Crippen molar-refractivity contribution in [3.8, 4) is 0 Å². The summed E-state index contributed by atoms with van der Waals surface area (Å²) in [6.07, 6.45) is 3.53. The number of nitrogens with one attached hydrogen (secondary N) is 1. The molecule has 116 valence electrons. The first-order chi connectivity index (χ1) is 9.81. The van der Waals surface area contributed by atoms with Gasteiger partial charge in [0.2, 0.25) is 5.91 Å². The summed E-state index contributed by atoms with van der Waals surface area (Å²) < 4.78 is 5.54. The van der Waals surface area contributed by atoms with Crippen LogP contribution in [0.15, 0.2) is 30.3 Å². The van der Waals surface area contributed by atoms with Crippen molar-refractivity contribution in [2.24, 2.45) is 0 Å². The maximum atomic E-state index is 12.2. The van der Waals surface area contributed by atoms with E-state index < -0.39 is 0 Å². The van der Waals surface area contributed by atoms with Crippen molar-refractivity contribution >= 4 is 18.3 Å². The summed E-state index contributed by atoms with van der Waals surface area (Å²) in [4.78, 5) is 14.2. The van der Waals surface area contributed by atoms with Crippen LogP contribution in [0.2, 0.25) is 0 Å². The van der Waals surface area contributed by atoms with Crippen LogP contribution in [-0.2, 0) is 16.1 Å². The molecule has 0 aliphatic carbocycles. The Morgan fingerprint density at radius 3 is 2.76 bits per heavy atom. The highest BCUT2D eigenvalue weighted by molar-refractivity contribution is 5.85. The van der Waals surface area contributed by atoms with E-state index in [1.54, 1.807) is 0 Å². The van der Waals surface area contributed by atoms with Crippen LogP contribution < -0.4 is 5.32 Å². The monoisotopic (exact) mass is 310 g/mol. The van der Waals surface area contributed by atoms with Crippen LogP contribution in [0.3, 0.4) is 0 Å². The van der Waals surface area contributed by atoms with Crippen LogP contribution in [0, 0.1) is 0 Å². The Kier molecular flexibility index (Phi) is 6.03. The number of amides is 1. The van der Waals surface area contributed by atoms with Crippen molar-refractivity contribution in [2.45, 2.75) is 38.0 Å². The second kappa shape index (κ2) is 7.78. The van der Waals surface area contributed by atoms with Gasteiger partial charge in [-0.3, -0.25) is 4.79 Å². The number of hydrogen-bond donors (Lipinski definition) is 1. The van der Waals surface area contributed by atoms with E-state index in [2.05, 4.69) is 5.32 Å². The summed E-state index contributed by atoms with van der Waals surface area (Å²) in [6, 6.07) is 11.1. The second-order valence-corrected chi connectivity index (χ2v) is 5.74. The first-order valence-electron chi connectivity index (χ1n) is 7.47. The van der Waals surface area contributed by atoms with Crippen molar-refractivity contribution in [1.82, 2.24) is 10.2 Å². The molecule has 3 rings (SSSR count). The fourth-order valence-corrected chi connectivity index (χ4v) is 3.09. The van der Waals surface area contributed by atoms with Gasteiger partial charge in [-0.2, -0.15) is 0 Å². The van der Waals surface area contributed by atoms with Crippen LogP contribution >= 0.6 is 12.4 Å². The molecule has 2 aliphatic heterocycles. The van der Waals surface area contributed by atoms with Crippen LogP contribution in [-0.4, -0.2) is 42.6 Å². The number of carbonyl (C=O) groups is 1. The van der Waals surface area contributed by atoms with Crippen LogP contribution in [0.25, 0.3) is 0 Å². The molecule has 2 unspecified atom stereocenters. The number of halogens is 1. The topological polar surface area (TPSA) is 41.6 Å². The van der Waals surface area contributed by atoms with Crippen molar-refractivity contribution in [1.29, 1.82) is 0 Å². The summed E-state index contributed by atoms with van der Waals surface area (Å²) in [5.74, 6) is 0.121. The third-order valence-electron chi connectivity index (χ3n) is 4.21. The lowest BCUT2D eigenvalue weighted by Crippen LogP contribution is -2.40. The molecule has 21 heavy (non-hydrogen) atoms. The number of ether oxygens (including phenoxy) is 1. The smallest absolute Gasteiger partial charge is 0.248 e. The predicted molar refractivity (Wildman–Crippen MR) is 84.5 cm³/mol. The SMILES string of the molecule is Cl.O=C(COCc1ccccc1)N1CCC2CCC(C1)N2. The number of hydrogen-bond acceptors (Lipinski definition) is 3. The van der Waals surface area contributed by atoms with E-state index >= 15 is 0 Å². The number of likely N-dealkylation sites (tertiary alicyclic amines) is 1. The molecule has 2 fully saturated rings. The van der Waals surface area contributed by atoms with Crippen LogP contribution in [0.1, 0.15) is 24.8 Å². The molecule has 0 aromatic heterocycles. The van der Waals surface area contributed by atoms with E-state index in [1.807, 2.05) is 35.2 Å². The molecule has 2 bridgehead atoms. The van der Waals surface area contributed by atoms with Gasteiger partial charge in [0, 0.05) is 25.2 Å². The van der Waals surface area contributed by atoms with E-state index in [0.29, 0.717) is 18.7 Å². The number of fused-ring (bicyclic) bond motifs is 2. The largest absolute Gasteiger partial charge is 0.367 e. The maximum absolute atomic E-state index is 12.2. The van der Waals surface area contributed by atoms with Gasteiger partial charge in [-0.05, 0) is 24.8 Å². The Morgan fingerprint density at radius 1 is 1.19 bits per heavy atom. The van der Waals surface area contributed by atoms with Crippen molar-refractivity contribution in [3.63, 3.8) is 0 Å². The normalized spacial score (nSPS) is 24.3. The standard InChI is InChI=1S/C16H22N2O2.ClH/c19-16(12-20-11-13-4-2-1-3-5-13)18-9-8-14-6-7-15(10-18)17-14;/h1-5,14-15,17H,6-12H2;1H. The zero-order valence-corrected chi connectivity index (χ0v) is 13.0. The predicted octanol–water partition coefficient (Wildman–Crippen LogP) is 1.98. The zero-order valence-electron chi connectivity index (χ0n) is 12.2. The number of nitrogens with zero attached hydrogens (tertiary/aromatic N) is 1. The lowest BCUT2D eigenvalue weighted by Gasteiger charge is -2.24. The molecule has 2 atom stereocenters. The van der Waals surface area contributed by atoms with Crippen LogP contribution in [0.4, 0.5) is 0 Å². The summed E-state index contributed by atoms with van der Waals surface area (Å²) in [7, 11) is 0. The van der Waals surface area contributed by atoms with Crippen molar-refractivity contribution < 1.29 is 9.53 Å². The van der Waals surface area contributed by atoms with Gasteiger partial charge in [-0.1, -0.05) is 30.3 Å². The molecule has 2 aliphatic rings. The average molecular weight is 311 g/mol. The third-order valence-corrected chi connectivity index (χ3v) is 4.21.